The van der Waals surface area contributed by atoms with E-state index in [1.165, 1.54) is 7.11 Å². The van der Waals surface area contributed by atoms with E-state index in [1.807, 2.05) is 30.3 Å². The molecule has 0 aliphatic heterocycles. The first-order valence-electron chi connectivity index (χ1n) is 9.99. The molecule has 1 aromatic carbocycles. The second kappa shape index (κ2) is 12.1. The number of ether oxygens (including phenoxy) is 2. The zero-order valence-corrected chi connectivity index (χ0v) is 16.8. The summed E-state index contributed by atoms with van der Waals surface area (Å²) < 4.78 is 9.87. The van der Waals surface area contributed by atoms with Crippen molar-refractivity contribution in [1.82, 2.24) is 10.6 Å². The highest BCUT2D eigenvalue weighted by Gasteiger charge is 2.32. The number of aliphatic hydroxyl groups excluding tert-OH is 1. The molecule has 29 heavy (non-hydrogen) atoms. The average molecular weight is 406 g/mol. The van der Waals surface area contributed by atoms with Gasteiger partial charge in [-0.15, -0.1) is 0 Å². The largest absolute Gasteiger partial charge is 0.467 e. The normalized spacial score (nSPS) is 16.3. The number of esters is 1. The molecule has 8 nitrogen and oxygen atoms in total. The maximum absolute atomic E-state index is 12.3. The highest BCUT2D eigenvalue weighted by Crippen LogP contribution is 2.27. The van der Waals surface area contributed by atoms with E-state index in [0.29, 0.717) is 0 Å². The molecule has 1 aromatic rings. The van der Waals surface area contributed by atoms with E-state index in [4.69, 9.17) is 9.47 Å². The monoisotopic (exact) mass is 406 g/mol. The van der Waals surface area contributed by atoms with Crippen LogP contribution in [0.3, 0.4) is 0 Å². The Bertz CT molecular complexity index is 660. The summed E-state index contributed by atoms with van der Waals surface area (Å²) in [6.07, 6.45) is 2.88. The Hall–Kier alpha value is -2.61. The fraction of sp³-hybridized carbons (Fsp3) is 0.571. The lowest BCUT2D eigenvalue weighted by Crippen LogP contribution is -2.48. The third-order valence-corrected chi connectivity index (χ3v) is 5.01. The lowest BCUT2D eigenvalue weighted by Gasteiger charge is -2.29. The molecule has 160 valence electrons. The van der Waals surface area contributed by atoms with Crippen molar-refractivity contribution in [2.24, 2.45) is 5.92 Å². The number of carbonyl (C=O) groups excluding carboxylic acids is 3. The van der Waals surface area contributed by atoms with Crippen LogP contribution in [-0.2, 0) is 25.7 Å². The third-order valence-electron chi connectivity index (χ3n) is 5.01. The summed E-state index contributed by atoms with van der Waals surface area (Å²) >= 11 is 0. The SMILES string of the molecule is COC(=O)[C@@H](NC(=O)C[C@@H](O)CNC(=O)OCc1ccccc1)C1CCCCC1. The van der Waals surface area contributed by atoms with Crippen molar-refractivity contribution in [3.63, 3.8) is 0 Å². The summed E-state index contributed by atoms with van der Waals surface area (Å²) in [5.74, 6) is -0.885. The van der Waals surface area contributed by atoms with Crippen molar-refractivity contribution in [2.45, 2.75) is 57.3 Å². The number of methoxy groups -OCH3 is 1. The number of rotatable bonds is 9. The van der Waals surface area contributed by atoms with Gasteiger partial charge in [-0.2, -0.15) is 0 Å². The quantitative estimate of drug-likeness (QED) is 0.540. The van der Waals surface area contributed by atoms with Crippen LogP contribution in [0.2, 0.25) is 0 Å². The van der Waals surface area contributed by atoms with Gasteiger partial charge >= 0.3 is 12.1 Å². The molecule has 0 unspecified atom stereocenters. The van der Waals surface area contributed by atoms with Gasteiger partial charge in [0.05, 0.1) is 19.6 Å². The van der Waals surface area contributed by atoms with Gasteiger partial charge in [0.15, 0.2) is 0 Å². The number of hydrogen-bond acceptors (Lipinski definition) is 6. The zero-order valence-electron chi connectivity index (χ0n) is 16.8. The minimum atomic E-state index is -1.09. The highest BCUT2D eigenvalue weighted by atomic mass is 16.5. The minimum Gasteiger partial charge on any atom is -0.467 e. The minimum absolute atomic E-state index is 0.0448. The van der Waals surface area contributed by atoms with Crippen LogP contribution in [0.25, 0.3) is 0 Å². The molecule has 0 saturated heterocycles. The van der Waals surface area contributed by atoms with E-state index in [-0.39, 0.29) is 25.5 Å². The summed E-state index contributed by atoms with van der Waals surface area (Å²) in [6, 6.07) is 8.50. The Morgan fingerprint density at radius 3 is 2.48 bits per heavy atom. The standard InChI is InChI=1S/C21H30N2O6/c1-28-20(26)19(16-10-6-3-7-11-16)23-18(25)12-17(24)13-22-21(27)29-14-15-8-4-2-5-9-15/h2,4-5,8-9,16-17,19,24H,3,6-7,10-14H2,1H3,(H,22,27)(H,23,25)/t17-,19+/m1/s1. The van der Waals surface area contributed by atoms with Gasteiger partial charge in [-0.25, -0.2) is 9.59 Å². The van der Waals surface area contributed by atoms with Crippen molar-refractivity contribution >= 4 is 18.0 Å². The molecule has 0 aromatic heterocycles. The predicted molar refractivity (Wildman–Crippen MR) is 106 cm³/mol. The molecule has 2 rings (SSSR count). The van der Waals surface area contributed by atoms with Gasteiger partial charge in [0.25, 0.3) is 0 Å². The Morgan fingerprint density at radius 2 is 1.83 bits per heavy atom. The zero-order chi connectivity index (χ0) is 21.1. The summed E-state index contributed by atoms with van der Waals surface area (Å²) in [5, 5.41) is 15.1. The van der Waals surface area contributed by atoms with Crippen molar-refractivity contribution < 1.29 is 29.0 Å². The fourth-order valence-electron chi connectivity index (χ4n) is 3.46. The second-order valence-corrected chi connectivity index (χ2v) is 7.27. The molecule has 0 bridgehead atoms. The molecule has 1 aliphatic carbocycles. The van der Waals surface area contributed by atoms with Crippen LogP contribution in [0.5, 0.6) is 0 Å². The number of carbonyl (C=O) groups is 3. The van der Waals surface area contributed by atoms with E-state index >= 15 is 0 Å². The van der Waals surface area contributed by atoms with Gasteiger partial charge in [-0.1, -0.05) is 49.6 Å². The molecule has 1 aliphatic rings. The predicted octanol–water partition coefficient (Wildman–Crippen LogP) is 1.90. The fourth-order valence-corrected chi connectivity index (χ4v) is 3.46. The maximum atomic E-state index is 12.3. The number of benzene rings is 1. The number of alkyl carbamates (subject to hydrolysis) is 1. The summed E-state index contributed by atoms with van der Waals surface area (Å²) in [5.41, 5.74) is 0.846. The number of nitrogens with one attached hydrogen (secondary N) is 2. The van der Waals surface area contributed by atoms with Crippen LogP contribution < -0.4 is 10.6 Å². The van der Waals surface area contributed by atoms with Crippen molar-refractivity contribution in [3.8, 4) is 0 Å². The summed E-state index contributed by atoms with van der Waals surface area (Å²) in [4.78, 5) is 36.0. The van der Waals surface area contributed by atoms with Crippen LogP contribution in [0.15, 0.2) is 30.3 Å². The maximum Gasteiger partial charge on any atom is 0.407 e. The lowest BCUT2D eigenvalue weighted by molar-refractivity contribution is -0.147. The molecular formula is C21H30N2O6. The highest BCUT2D eigenvalue weighted by molar-refractivity contribution is 5.85. The lowest BCUT2D eigenvalue weighted by atomic mass is 9.84. The number of hydrogen-bond donors (Lipinski definition) is 3. The van der Waals surface area contributed by atoms with E-state index < -0.39 is 30.1 Å². The molecule has 3 N–H and O–H groups in total. The van der Waals surface area contributed by atoms with E-state index in [0.717, 1.165) is 37.7 Å². The Kier molecular flexibility index (Phi) is 9.43. The summed E-state index contributed by atoms with van der Waals surface area (Å²) in [7, 11) is 1.30. The summed E-state index contributed by atoms with van der Waals surface area (Å²) in [6.45, 7) is -0.0151. The van der Waals surface area contributed by atoms with Crippen LogP contribution in [0.1, 0.15) is 44.1 Å². The topological polar surface area (TPSA) is 114 Å². The van der Waals surface area contributed by atoms with E-state index in [2.05, 4.69) is 10.6 Å². The van der Waals surface area contributed by atoms with Crippen LogP contribution in [0, 0.1) is 5.92 Å². The first-order chi connectivity index (χ1) is 14.0. The molecule has 0 heterocycles. The molecule has 1 fully saturated rings. The molecule has 0 radical (unpaired) electrons. The Balaban J connectivity index is 1.72. The first kappa shape index (κ1) is 22.7. The number of amides is 2. The van der Waals surface area contributed by atoms with Gasteiger partial charge in [0.1, 0.15) is 12.6 Å². The van der Waals surface area contributed by atoms with Crippen molar-refractivity contribution in [1.29, 1.82) is 0 Å². The smallest absolute Gasteiger partial charge is 0.407 e. The van der Waals surface area contributed by atoms with E-state index in [9.17, 15) is 19.5 Å². The Morgan fingerprint density at radius 1 is 1.14 bits per heavy atom. The third kappa shape index (κ3) is 8.11. The molecule has 0 spiro atoms. The second-order valence-electron chi connectivity index (χ2n) is 7.27. The number of aliphatic hydroxyl groups is 1. The van der Waals surface area contributed by atoms with Gasteiger partial charge in [-0.05, 0) is 24.3 Å². The van der Waals surface area contributed by atoms with Crippen molar-refractivity contribution in [3.05, 3.63) is 35.9 Å². The molecular weight excluding hydrogens is 376 g/mol. The van der Waals surface area contributed by atoms with Crippen LogP contribution in [0.4, 0.5) is 4.79 Å². The Labute approximate surface area is 171 Å². The van der Waals surface area contributed by atoms with Gasteiger partial charge in [-0.3, -0.25) is 4.79 Å². The van der Waals surface area contributed by atoms with Crippen molar-refractivity contribution in [2.75, 3.05) is 13.7 Å². The molecule has 1 saturated carbocycles. The van der Waals surface area contributed by atoms with E-state index in [1.54, 1.807) is 0 Å². The van der Waals surface area contributed by atoms with Gasteiger partial charge in [0, 0.05) is 6.54 Å². The van der Waals surface area contributed by atoms with Crippen LogP contribution in [-0.4, -0.2) is 48.9 Å². The molecule has 2 atom stereocenters. The van der Waals surface area contributed by atoms with Gasteiger partial charge in [0.2, 0.25) is 5.91 Å². The average Bonchev–Trinajstić information content (AvgIpc) is 2.75. The first-order valence-corrected chi connectivity index (χ1v) is 9.99. The molecule has 8 heteroatoms. The van der Waals surface area contributed by atoms with Gasteiger partial charge < -0.3 is 25.2 Å². The van der Waals surface area contributed by atoms with Crippen LogP contribution >= 0.6 is 0 Å². The molecule has 2 amide bonds.